The number of piperidine rings is 1. The smallest absolute Gasteiger partial charge is 0.245 e. The van der Waals surface area contributed by atoms with E-state index in [4.69, 9.17) is 11.6 Å². The van der Waals surface area contributed by atoms with E-state index in [-0.39, 0.29) is 5.91 Å². The van der Waals surface area contributed by atoms with Crippen LogP contribution in [0.2, 0.25) is 0 Å². The molecule has 0 aromatic heterocycles. The van der Waals surface area contributed by atoms with Crippen molar-refractivity contribution in [1.29, 1.82) is 0 Å². The Balaban J connectivity index is 2.15. The topological polar surface area (TPSA) is 20.3 Å². The summed E-state index contributed by atoms with van der Waals surface area (Å²) in [5.41, 5.74) is 0.883. The predicted octanol–water partition coefficient (Wildman–Crippen LogP) is 3.76. The fraction of sp³-hybridized carbons (Fsp3) is 0.533. The number of hydrogen-bond acceptors (Lipinski definition) is 1. The molecule has 1 aliphatic heterocycles. The van der Waals surface area contributed by atoms with Crippen molar-refractivity contribution in [3.8, 4) is 0 Å². The molecule has 1 aromatic carbocycles. The first-order chi connectivity index (χ1) is 8.61. The maximum absolute atomic E-state index is 12.5. The van der Waals surface area contributed by atoms with E-state index in [2.05, 4.69) is 13.8 Å². The average molecular weight is 266 g/mol. The third-order valence-electron chi connectivity index (χ3n) is 3.76. The zero-order chi connectivity index (χ0) is 13.1. The van der Waals surface area contributed by atoms with Gasteiger partial charge >= 0.3 is 0 Å². The minimum Gasteiger partial charge on any atom is -0.336 e. The highest BCUT2D eigenvalue weighted by Crippen LogP contribution is 2.29. The number of carbonyl (C=O) groups is 1. The molecule has 3 atom stereocenters. The van der Waals surface area contributed by atoms with Crippen LogP contribution in [0.25, 0.3) is 0 Å². The highest BCUT2D eigenvalue weighted by Gasteiger charge is 2.32. The molecule has 0 spiro atoms. The molecule has 2 rings (SSSR count). The molecule has 1 fully saturated rings. The number of hydrogen-bond donors (Lipinski definition) is 0. The van der Waals surface area contributed by atoms with Crippen LogP contribution < -0.4 is 0 Å². The quantitative estimate of drug-likeness (QED) is 0.746. The van der Waals surface area contributed by atoms with Gasteiger partial charge in [0, 0.05) is 12.1 Å². The van der Waals surface area contributed by atoms with Crippen molar-refractivity contribution in [3.05, 3.63) is 35.9 Å². The van der Waals surface area contributed by atoms with E-state index in [1.807, 2.05) is 35.2 Å². The highest BCUT2D eigenvalue weighted by molar-refractivity contribution is 6.30. The van der Waals surface area contributed by atoms with Crippen LogP contribution in [0.4, 0.5) is 0 Å². The first-order valence-corrected chi connectivity index (χ1v) is 7.06. The van der Waals surface area contributed by atoms with E-state index >= 15 is 0 Å². The number of nitrogens with zero attached hydrogens (tertiary/aromatic N) is 1. The molecule has 3 heteroatoms. The van der Waals surface area contributed by atoms with Gasteiger partial charge in [-0.15, -0.1) is 11.6 Å². The molecule has 1 heterocycles. The summed E-state index contributed by atoms with van der Waals surface area (Å²) >= 11 is 6.33. The number of rotatable bonds is 2. The average Bonchev–Trinajstić information content (AvgIpc) is 2.38. The molecule has 0 saturated carbocycles. The number of likely N-dealkylation sites (tertiary alicyclic amines) is 1. The molecule has 98 valence electrons. The van der Waals surface area contributed by atoms with Crippen LogP contribution in [0.1, 0.15) is 44.1 Å². The molecular formula is C15H20ClNO. The van der Waals surface area contributed by atoms with Gasteiger partial charge in [-0.1, -0.05) is 30.3 Å². The van der Waals surface area contributed by atoms with Gasteiger partial charge in [0.25, 0.3) is 0 Å². The van der Waals surface area contributed by atoms with Crippen molar-refractivity contribution in [2.75, 3.05) is 0 Å². The predicted molar refractivity (Wildman–Crippen MR) is 74.7 cm³/mol. The minimum atomic E-state index is -0.561. The molecule has 18 heavy (non-hydrogen) atoms. The molecule has 0 radical (unpaired) electrons. The van der Waals surface area contributed by atoms with Crippen molar-refractivity contribution in [2.24, 2.45) is 0 Å². The van der Waals surface area contributed by atoms with Crippen LogP contribution in [0.15, 0.2) is 30.3 Å². The van der Waals surface area contributed by atoms with E-state index in [0.29, 0.717) is 12.1 Å². The zero-order valence-corrected chi connectivity index (χ0v) is 11.7. The molecule has 0 bridgehead atoms. The zero-order valence-electron chi connectivity index (χ0n) is 11.0. The Morgan fingerprint density at radius 3 is 2.33 bits per heavy atom. The number of benzene rings is 1. The summed E-state index contributed by atoms with van der Waals surface area (Å²) in [6.45, 7) is 4.23. The molecule has 1 unspecified atom stereocenters. The van der Waals surface area contributed by atoms with E-state index in [0.717, 1.165) is 18.4 Å². The van der Waals surface area contributed by atoms with Crippen LogP contribution in [0.3, 0.4) is 0 Å². The van der Waals surface area contributed by atoms with Crippen molar-refractivity contribution < 1.29 is 4.79 Å². The molecule has 0 N–H and O–H groups in total. The first-order valence-electron chi connectivity index (χ1n) is 6.62. The number of carbonyl (C=O) groups excluding carboxylic acids is 1. The molecule has 1 saturated heterocycles. The maximum Gasteiger partial charge on any atom is 0.245 e. The van der Waals surface area contributed by atoms with Crippen molar-refractivity contribution >= 4 is 17.5 Å². The van der Waals surface area contributed by atoms with Crippen LogP contribution in [0, 0.1) is 0 Å². The lowest BCUT2D eigenvalue weighted by molar-refractivity contribution is -0.136. The largest absolute Gasteiger partial charge is 0.336 e. The van der Waals surface area contributed by atoms with Gasteiger partial charge in [-0.2, -0.15) is 0 Å². The van der Waals surface area contributed by atoms with Crippen molar-refractivity contribution in [3.63, 3.8) is 0 Å². The van der Waals surface area contributed by atoms with Crippen LogP contribution in [-0.2, 0) is 4.79 Å². The number of alkyl halides is 1. The normalized spacial score (nSPS) is 25.8. The molecule has 1 amide bonds. The third kappa shape index (κ3) is 2.69. The highest BCUT2D eigenvalue weighted by atomic mass is 35.5. The summed E-state index contributed by atoms with van der Waals surface area (Å²) in [5.74, 6) is 0.0440. The SMILES string of the molecule is C[C@@H]1CCC[C@H](C)N1C(=O)C(Cl)c1ccccc1. The fourth-order valence-corrected chi connectivity index (χ4v) is 3.01. The number of amides is 1. The fourth-order valence-electron chi connectivity index (χ4n) is 2.75. The Labute approximate surface area is 114 Å². The summed E-state index contributed by atoms with van der Waals surface area (Å²) in [5, 5.41) is -0.561. The molecular weight excluding hydrogens is 246 g/mol. The van der Waals surface area contributed by atoms with Gasteiger partial charge < -0.3 is 4.90 Å². The summed E-state index contributed by atoms with van der Waals surface area (Å²) in [6, 6.07) is 10.2. The van der Waals surface area contributed by atoms with Gasteiger partial charge in [0.15, 0.2) is 0 Å². The lowest BCUT2D eigenvalue weighted by Crippen LogP contribution is -2.48. The van der Waals surface area contributed by atoms with E-state index in [1.165, 1.54) is 6.42 Å². The minimum absolute atomic E-state index is 0.0440. The Morgan fingerprint density at radius 2 is 1.78 bits per heavy atom. The molecule has 1 aromatic rings. The van der Waals surface area contributed by atoms with Gasteiger partial charge in [-0.25, -0.2) is 0 Å². The lowest BCUT2D eigenvalue weighted by Gasteiger charge is -2.40. The second kappa shape index (κ2) is 5.75. The van der Waals surface area contributed by atoms with E-state index < -0.39 is 5.38 Å². The van der Waals surface area contributed by atoms with E-state index in [1.54, 1.807) is 0 Å². The van der Waals surface area contributed by atoms with Gasteiger partial charge in [-0.05, 0) is 38.7 Å². The van der Waals surface area contributed by atoms with Crippen molar-refractivity contribution in [1.82, 2.24) is 4.90 Å². The summed E-state index contributed by atoms with van der Waals surface area (Å²) in [4.78, 5) is 14.5. The second-order valence-corrected chi connectivity index (χ2v) is 5.58. The molecule has 2 nitrogen and oxygen atoms in total. The van der Waals surface area contributed by atoms with Gasteiger partial charge in [-0.3, -0.25) is 4.79 Å². The van der Waals surface area contributed by atoms with Crippen molar-refractivity contribution in [2.45, 2.75) is 50.6 Å². The van der Waals surface area contributed by atoms with E-state index in [9.17, 15) is 4.79 Å². The lowest BCUT2D eigenvalue weighted by atomic mass is 9.96. The maximum atomic E-state index is 12.5. The Bertz CT molecular complexity index is 396. The molecule has 1 aliphatic rings. The summed E-state index contributed by atoms with van der Waals surface area (Å²) in [6.07, 6.45) is 3.35. The Hall–Kier alpha value is -1.02. The van der Waals surface area contributed by atoms with Gasteiger partial charge in [0.2, 0.25) is 5.91 Å². The first kappa shape index (κ1) is 13.4. The number of halogens is 1. The summed E-state index contributed by atoms with van der Waals surface area (Å²) in [7, 11) is 0. The second-order valence-electron chi connectivity index (χ2n) is 5.15. The summed E-state index contributed by atoms with van der Waals surface area (Å²) < 4.78 is 0. The Kier molecular flexibility index (Phi) is 4.28. The van der Waals surface area contributed by atoms with Crippen LogP contribution >= 0.6 is 11.6 Å². The monoisotopic (exact) mass is 265 g/mol. The van der Waals surface area contributed by atoms with Gasteiger partial charge in [0.1, 0.15) is 5.38 Å². The van der Waals surface area contributed by atoms with Crippen LogP contribution in [0.5, 0.6) is 0 Å². The molecule has 0 aliphatic carbocycles. The third-order valence-corrected chi connectivity index (χ3v) is 4.20. The Morgan fingerprint density at radius 1 is 1.22 bits per heavy atom. The van der Waals surface area contributed by atoms with Crippen LogP contribution in [-0.4, -0.2) is 22.9 Å². The standard InChI is InChI=1S/C15H20ClNO/c1-11-7-6-8-12(2)17(11)15(18)14(16)13-9-4-3-5-10-13/h3-5,9-12,14H,6-8H2,1-2H3/t11-,12+,14?. The van der Waals surface area contributed by atoms with Gasteiger partial charge in [0.05, 0.1) is 0 Å².